The Kier molecular flexibility index (Phi) is 7.87. The van der Waals surface area contributed by atoms with E-state index in [0.717, 1.165) is 6.42 Å². The number of hydrogen-bond donors (Lipinski definition) is 1. The second kappa shape index (κ2) is 8.93. The Morgan fingerprint density at radius 3 is 2.65 bits per heavy atom. The van der Waals surface area contributed by atoms with Gasteiger partial charge >= 0.3 is 0 Å². The first kappa shape index (κ1) is 15.0. The van der Waals surface area contributed by atoms with E-state index in [2.05, 4.69) is 13.8 Å². The normalized spacial score (nSPS) is 27.7. The Bertz CT molecular complexity index is 184. The van der Waals surface area contributed by atoms with Crippen molar-refractivity contribution in [2.45, 2.75) is 96.3 Å². The topological polar surface area (TPSA) is 35.2 Å². The van der Waals surface area contributed by atoms with Gasteiger partial charge in [-0.05, 0) is 26.2 Å². The molecule has 3 atom stereocenters. The minimum absolute atomic E-state index is 0.274. The van der Waals surface area contributed by atoms with Gasteiger partial charge in [-0.25, -0.2) is 0 Å². The van der Waals surface area contributed by atoms with Gasteiger partial charge in [0.2, 0.25) is 0 Å². The number of hydrogen-bond acceptors (Lipinski definition) is 2. The van der Waals surface area contributed by atoms with E-state index >= 15 is 0 Å². The van der Waals surface area contributed by atoms with Crippen molar-refractivity contribution in [1.29, 1.82) is 0 Å². The molecular formula is C15H31NO. The average molecular weight is 241 g/mol. The highest BCUT2D eigenvalue weighted by Gasteiger charge is 2.22. The summed E-state index contributed by atoms with van der Waals surface area (Å²) in [6.07, 6.45) is 13.4. The Morgan fingerprint density at radius 2 is 1.88 bits per heavy atom. The number of ether oxygens (including phenoxy) is 1. The van der Waals surface area contributed by atoms with Crippen LogP contribution in [0.25, 0.3) is 0 Å². The standard InChI is InChI=1S/C15H31NO/c1-3-4-5-7-10-13(2)17-15-12-9-6-8-11-14(15)16/h13-15H,3-12,16H2,1-2H3. The summed E-state index contributed by atoms with van der Waals surface area (Å²) < 4.78 is 6.14. The van der Waals surface area contributed by atoms with E-state index in [4.69, 9.17) is 10.5 Å². The number of nitrogens with two attached hydrogens (primary N) is 1. The van der Waals surface area contributed by atoms with Gasteiger partial charge in [-0.2, -0.15) is 0 Å². The molecule has 0 bridgehead atoms. The average Bonchev–Trinajstić information content (AvgIpc) is 2.51. The van der Waals surface area contributed by atoms with Crippen molar-refractivity contribution in [2.75, 3.05) is 0 Å². The highest BCUT2D eigenvalue weighted by Crippen LogP contribution is 2.21. The molecule has 102 valence electrons. The minimum atomic E-state index is 0.274. The SMILES string of the molecule is CCCCCCC(C)OC1CCCCCC1N. The highest BCUT2D eigenvalue weighted by atomic mass is 16.5. The molecule has 2 nitrogen and oxygen atoms in total. The number of rotatable bonds is 7. The fourth-order valence-electron chi connectivity index (χ4n) is 2.70. The molecule has 1 fully saturated rings. The fourth-order valence-corrected chi connectivity index (χ4v) is 2.70. The molecule has 0 spiro atoms. The van der Waals surface area contributed by atoms with Crippen LogP contribution in [0.2, 0.25) is 0 Å². The summed E-state index contributed by atoms with van der Waals surface area (Å²) in [6.45, 7) is 4.47. The smallest absolute Gasteiger partial charge is 0.0729 e. The van der Waals surface area contributed by atoms with E-state index in [-0.39, 0.29) is 6.04 Å². The van der Waals surface area contributed by atoms with E-state index in [9.17, 15) is 0 Å². The summed E-state index contributed by atoms with van der Waals surface area (Å²) in [5, 5.41) is 0. The van der Waals surface area contributed by atoms with Gasteiger partial charge in [-0.15, -0.1) is 0 Å². The minimum Gasteiger partial charge on any atom is -0.374 e. The molecule has 0 aromatic rings. The van der Waals surface area contributed by atoms with Crippen molar-refractivity contribution < 1.29 is 4.74 Å². The molecule has 3 unspecified atom stereocenters. The van der Waals surface area contributed by atoms with Crippen molar-refractivity contribution >= 4 is 0 Å². The number of unbranched alkanes of at least 4 members (excludes halogenated alkanes) is 3. The monoisotopic (exact) mass is 241 g/mol. The van der Waals surface area contributed by atoms with Crippen LogP contribution in [0.5, 0.6) is 0 Å². The third kappa shape index (κ3) is 6.42. The molecule has 0 heterocycles. The first-order valence-electron chi connectivity index (χ1n) is 7.65. The van der Waals surface area contributed by atoms with Gasteiger partial charge in [0.05, 0.1) is 12.2 Å². The van der Waals surface area contributed by atoms with E-state index in [1.54, 1.807) is 0 Å². The first-order chi connectivity index (χ1) is 8.24. The van der Waals surface area contributed by atoms with Crippen molar-refractivity contribution in [1.82, 2.24) is 0 Å². The van der Waals surface area contributed by atoms with Gasteiger partial charge in [0.15, 0.2) is 0 Å². The predicted octanol–water partition coefficient (Wildman–Crippen LogP) is 4.02. The molecular weight excluding hydrogens is 210 g/mol. The zero-order chi connectivity index (χ0) is 12.5. The molecule has 0 aliphatic heterocycles. The summed E-state index contributed by atoms with van der Waals surface area (Å²) >= 11 is 0. The van der Waals surface area contributed by atoms with E-state index in [1.807, 2.05) is 0 Å². The molecule has 0 radical (unpaired) electrons. The van der Waals surface area contributed by atoms with Gasteiger partial charge in [-0.1, -0.05) is 51.9 Å². The molecule has 0 amide bonds. The second-order valence-corrected chi connectivity index (χ2v) is 5.64. The first-order valence-corrected chi connectivity index (χ1v) is 7.65. The van der Waals surface area contributed by atoms with Gasteiger partial charge in [0.25, 0.3) is 0 Å². The van der Waals surface area contributed by atoms with Gasteiger partial charge in [0.1, 0.15) is 0 Å². The molecule has 1 saturated carbocycles. The van der Waals surface area contributed by atoms with E-state index < -0.39 is 0 Å². The zero-order valence-electron chi connectivity index (χ0n) is 11.8. The molecule has 0 aromatic heterocycles. The van der Waals surface area contributed by atoms with Crippen LogP contribution < -0.4 is 5.73 Å². The lowest BCUT2D eigenvalue weighted by Crippen LogP contribution is -2.37. The molecule has 17 heavy (non-hydrogen) atoms. The zero-order valence-corrected chi connectivity index (χ0v) is 11.8. The van der Waals surface area contributed by atoms with Crippen LogP contribution in [0, 0.1) is 0 Å². The summed E-state index contributed by atoms with van der Waals surface area (Å²) in [7, 11) is 0. The third-order valence-electron chi connectivity index (χ3n) is 3.87. The third-order valence-corrected chi connectivity index (χ3v) is 3.87. The van der Waals surface area contributed by atoms with Crippen LogP contribution in [-0.2, 0) is 4.74 Å². The lowest BCUT2D eigenvalue weighted by Gasteiger charge is -2.25. The van der Waals surface area contributed by atoms with Crippen molar-refractivity contribution in [3.8, 4) is 0 Å². The van der Waals surface area contributed by atoms with Crippen LogP contribution in [0.1, 0.15) is 78.1 Å². The summed E-state index contributed by atoms with van der Waals surface area (Å²) in [5.74, 6) is 0. The second-order valence-electron chi connectivity index (χ2n) is 5.64. The molecule has 0 saturated heterocycles. The fraction of sp³-hybridized carbons (Fsp3) is 1.00. The largest absolute Gasteiger partial charge is 0.374 e. The van der Waals surface area contributed by atoms with Gasteiger partial charge in [0, 0.05) is 6.04 Å². The predicted molar refractivity (Wildman–Crippen MR) is 74.2 cm³/mol. The van der Waals surface area contributed by atoms with E-state index in [1.165, 1.54) is 57.8 Å². The summed E-state index contributed by atoms with van der Waals surface area (Å²) in [4.78, 5) is 0. The van der Waals surface area contributed by atoms with Crippen LogP contribution in [0.3, 0.4) is 0 Å². The Balaban J connectivity index is 2.16. The van der Waals surface area contributed by atoms with Crippen molar-refractivity contribution in [3.63, 3.8) is 0 Å². The molecule has 1 rings (SSSR count). The van der Waals surface area contributed by atoms with Crippen molar-refractivity contribution in [3.05, 3.63) is 0 Å². The van der Waals surface area contributed by atoms with Crippen LogP contribution in [0.15, 0.2) is 0 Å². The van der Waals surface area contributed by atoms with E-state index in [0.29, 0.717) is 12.2 Å². The highest BCUT2D eigenvalue weighted by molar-refractivity contribution is 4.77. The van der Waals surface area contributed by atoms with Gasteiger partial charge in [-0.3, -0.25) is 0 Å². The molecule has 1 aliphatic carbocycles. The molecule has 2 heteroatoms. The molecule has 2 N–H and O–H groups in total. The van der Waals surface area contributed by atoms with Crippen molar-refractivity contribution in [2.24, 2.45) is 5.73 Å². The maximum Gasteiger partial charge on any atom is 0.0729 e. The Hall–Kier alpha value is -0.0800. The maximum atomic E-state index is 6.18. The van der Waals surface area contributed by atoms with Crippen LogP contribution >= 0.6 is 0 Å². The summed E-state index contributed by atoms with van der Waals surface area (Å²) in [6, 6.07) is 0.274. The maximum absolute atomic E-state index is 6.18. The van der Waals surface area contributed by atoms with Crippen LogP contribution in [-0.4, -0.2) is 18.2 Å². The van der Waals surface area contributed by atoms with Gasteiger partial charge < -0.3 is 10.5 Å². The lowest BCUT2D eigenvalue weighted by atomic mass is 10.1. The molecule has 0 aromatic carbocycles. The molecule has 1 aliphatic rings. The Morgan fingerprint density at radius 1 is 1.12 bits per heavy atom. The van der Waals surface area contributed by atoms with Crippen LogP contribution in [0.4, 0.5) is 0 Å². The lowest BCUT2D eigenvalue weighted by molar-refractivity contribution is -0.0234. The summed E-state index contributed by atoms with van der Waals surface area (Å²) in [5.41, 5.74) is 6.18. The quantitative estimate of drug-likeness (QED) is 0.539. The Labute approximate surface area is 107 Å².